The molecule has 112 valence electrons. The number of piperidine rings is 1. The molecular weight excluding hydrogens is 266 g/mol. The molecule has 0 bridgehead atoms. The van der Waals surface area contributed by atoms with E-state index in [1.54, 1.807) is 18.3 Å². The van der Waals surface area contributed by atoms with Crippen LogP contribution in [0.25, 0.3) is 5.65 Å². The lowest BCUT2D eigenvalue weighted by molar-refractivity contribution is 0.0696. The van der Waals surface area contributed by atoms with E-state index in [4.69, 9.17) is 5.11 Å². The number of carboxylic acids is 1. The minimum atomic E-state index is -0.907. The van der Waals surface area contributed by atoms with Gasteiger partial charge in [-0.05, 0) is 45.4 Å². The predicted octanol–water partition coefficient (Wildman–Crippen LogP) is 2.62. The van der Waals surface area contributed by atoms with Gasteiger partial charge in [0.2, 0.25) is 0 Å². The molecule has 1 N–H and O–H groups in total. The third-order valence-electron chi connectivity index (χ3n) is 4.32. The van der Waals surface area contributed by atoms with E-state index in [0.29, 0.717) is 17.5 Å². The lowest BCUT2D eigenvalue weighted by Crippen LogP contribution is -2.39. The van der Waals surface area contributed by atoms with E-state index >= 15 is 0 Å². The number of carboxylic acid groups (broad SMARTS) is 1. The zero-order chi connectivity index (χ0) is 15.0. The van der Waals surface area contributed by atoms with E-state index in [-0.39, 0.29) is 0 Å². The number of pyridine rings is 1. The van der Waals surface area contributed by atoms with Crippen LogP contribution in [0, 0.1) is 0 Å². The molecule has 3 rings (SSSR count). The lowest BCUT2D eigenvalue weighted by atomic mass is 9.94. The summed E-state index contributed by atoms with van der Waals surface area (Å²) in [4.78, 5) is 18.2. The topological polar surface area (TPSA) is 57.8 Å². The molecule has 0 aliphatic carbocycles. The Hall–Kier alpha value is -1.88. The molecule has 5 nitrogen and oxygen atoms in total. The van der Waals surface area contributed by atoms with E-state index in [0.717, 1.165) is 30.9 Å². The maximum atomic E-state index is 11.0. The first kappa shape index (κ1) is 14.1. The summed E-state index contributed by atoms with van der Waals surface area (Å²) in [5, 5.41) is 9.06. The minimum Gasteiger partial charge on any atom is -0.478 e. The van der Waals surface area contributed by atoms with Gasteiger partial charge < -0.3 is 14.4 Å². The van der Waals surface area contributed by atoms with Crippen LogP contribution in [-0.2, 0) is 0 Å². The first-order valence-electron chi connectivity index (χ1n) is 7.50. The smallest absolute Gasteiger partial charge is 0.337 e. The summed E-state index contributed by atoms with van der Waals surface area (Å²) in [6, 6.07) is 3.94. The molecule has 0 aromatic carbocycles. The lowest BCUT2D eigenvalue weighted by Gasteiger charge is -2.34. The number of carbonyl (C=O) groups is 1. The summed E-state index contributed by atoms with van der Waals surface area (Å²) in [5.74, 6) is -0.467. The Labute approximate surface area is 124 Å². The van der Waals surface area contributed by atoms with Crippen LogP contribution in [0.15, 0.2) is 24.5 Å². The summed E-state index contributed by atoms with van der Waals surface area (Å²) in [6.07, 6.45) is 5.96. The Morgan fingerprint density at radius 2 is 2.19 bits per heavy atom. The van der Waals surface area contributed by atoms with Crippen molar-refractivity contribution in [3.63, 3.8) is 0 Å². The third-order valence-corrected chi connectivity index (χ3v) is 4.32. The summed E-state index contributed by atoms with van der Waals surface area (Å²) in [6.45, 7) is 6.65. The summed E-state index contributed by atoms with van der Waals surface area (Å²) in [7, 11) is 0. The van der Waals surface area contributed by atoms with Crippen LogP contribution in [-0.4, -0.2) is 44.5 Å². The Bertz CT molecular complexity index is 663. The first-order valence-corrected chi connectivity index (χ1v) is 7.50. The van der Waals surface area contributed by atoms with Crippen LogP contribution in [0.3, 0.4) is 0 Å². The van der Waals surface area contributed by atoms with Gasteiger partial charge in [0.25, 0.3) is 0 Å². The standard InChI is InChI=1S/C16H21N3O2/c1-11(2)18-7-3-4-12(8-18)14-10-19-9-13(16(20)21)5-6-15(19)17-14/h5-6,9-12H,3-4,7-8H2,1-2H3,(H,20,21). The van der Waals surface area contributed by atoms with Gasteiger partial charge in [-0.15, -0.1) is 0 Å². The minimum absolute atomic E-state index is 0.291. The monoisotopic (exact) mass is 287 g/mol. The third kappa shape index (κ3) is 2.78. The molecule has 2 aromatic rings. The Morgan fingerprint density at radius 1 is 1.38 bits per heavy atom. The second kappa shape index (κ2) is 5.48. The molecule has 1 aliphatic heterocycles. The van der Waals surface area contributed by atoms with Crippen LogP contribution >= 0.6 is 0 Å². The quantitative estimate of drug-likeness (QED) is 0.942. The maximum Gasteiger partial charge on any atom is 0.337 e. The van der Waals surface area contributed by atoms with E-state index in [9.17, 15) is 4.79 Å². The van der Waals surface area contributed by atoms with Gasteiger partial charge in [0.1, 0.15) is 5.65 Å². The van der Waals surface area contributed by atoms with Crippen LogP contribution in [0.4, 0.5) is 0 Å². The number of aromatic carboxylic acids is 1. The number of aromatic nitrogens is 2. The fourth-order valence-corrected chi connectivity index (χ4v) is 3.05. The predicted molar refractivity (Wildman–Crippen MR) is 80.8 cm³/mol. The summed E-state index contributed by atoms with van der Waals surface area (Å²) in [5.41, 5.74) is 2.18. The van der Waals surface area contributed by atoms with E-state index in [1.807, 2.05) is 10.6 Å². The molecule has 1 fully saturated rings. The number of rotatable bonds is 3. The van der Waals surface area contributed by atoms with Crippen molar-refractivity contribution in [2.24, 2.45) is 0 Å². The Balaban J connectivity index is 1.88. The van der Waals surface area contributed by atoms with Gasteiger partial charge in [0.15, 0.2) is 0 Å². The van der Waals surface area contributed by atoms with E-state index in [2.05, 4.69) is 23.7 Å². The largest absolute Gasteiger partial charge is 0.478 e. The average molecular weight is 287 g/mol. The van der Waals surface area contributed by atoms with Gasteiger partial charge in [0.05, 0.1) is 11.3 Å². The van der Waals surface area contributed by atoms with Crippen molar-refractivity contribution in [3.05, 3.63) is 35.8 Å². The van der Waals surface area contributed by atoms with Crippen LogP contribution in [0.2, 0.25) is 0 Å². The molecule has 5 heteroatoms. The van der Waals surface area contributed by atoms with Gasteiger partial charge in [-0.25, -0.2) is 9.78 Å². The normalized spacial score (nSPS) is 20.2. The molecule has 2 aromatic heterocycles. The van der Waals surface area contributed by atoms with Crippen molar-refractivity contribution in [1.29, 1.82) is 0 Å². The number of fused-ring (bicyclic) bond motifs is 1. The molecule has 1 atom stereocenters. The van der Waals surface area contributed by atoms with Gasteiger partial charge in [0, 0.05) is 30.9 Å². The highest BCUT2D eigenvalue weighted by Crippen LogP contribution is 2.27. The van der Waals surface area contributed by atoms with Gasteiger partial charge in [-0.2, -0.15) is 0 Å². The summed E-state index contributed by atoms with van der Waals surface area (Å²) >= 11 is 0. The molecule has 0 amide bonds. The molecule has 0 saturated carbocycles. The van der Waals surface area contributed by atoms with Crippen molar-refractivity contribution < 1.29 is 9.90 Å². The average Bonchev–Trinajstić information content (AvgIpc) is 2.90. The highest BCUT2D eigenvalue weighted by molar-refractivity contribution is 5.87. The molecule has 1 aliphatic rings. The second-order valence-corrected chi connectivity index (χ2v) is 6.08. The molecule has 1 unspecified atom stereocenters. The van der Waals surface area contributed by atoms with Crippen molar-refractivity contribution in [1.82, 2.24) is 14.3 Å². The van der Waals surface area contributed by atoms with E-state index in [1.165, 1.54) is 6.42 Å². The van der Waals surface area contributed by atoms with Crippen molar-refractivity contribution in [2.75, 3.05) is 13.1 Å². The number of imidazole rings is 1. The number of hydrogen-bond acceptors (Lipinski definition) is 3. The highest BCUT2D eigenvalue weighted by atomic mass is 16.4. The van der Waals surface area contributed by atoms with Crippen LogP contribution in [0.5, 0.6) is 0 Å². The Morgan fingerprint density at radius 3 is 2.90 bits per heavy atom. The van der Waals surface area contributed by atoms with Crippen molar-refractivity contribution in [3.8, 4) is 0 Å². The van der Waals surface area contributed by atoms with E-state index < -0.39 is 5.97 Å². The highest BCUT2D eigenvalue weighted by Gasteiger charge is 2.24. The molecule has 0 radical (unpaired) electrons. The number of nitrogens with zero attached hydrogens (tertiary/aromatic N) is 3. The zero-order valence-corrected chi connectivity index (χ0v) is 12.5. The van der Waals surface area contributed by atoms with Gasteiger partial charge in [-0.3, -0.25) is 0 Å². The van der Waals surface area contributed by atoms with Crippen LogP contribution < -0.4 is 0 Å². The number of likely N-dealkylation sites (tertiary alicyclic amines) is 1. The molecule has 1 saturated heterocycles. The fraction of sp³-hybridized carbons (Fsp3) is 0.500. The molecule has 3 heterocycles. The molecular formula is C16H21N3O2. The van der Waals surface area contributed by atoms with Crippen molar-refractivity contribution >= 4 is 11.6 Å². The fourth-order valence-electron chi connectivity index (χ4n) is 3.05. The molecule has 0 spiro atoms. The zero-order valence-electron chi connectivity index (χ0n) is 12.5. The second-order valence-electron chi connectivity index (χ2n) is 6.08. The first-order chi connectivity index (χ1) is 10.0. The van der Waals surface area contributed by atoms with Crippen molar-refractivity contribution in [2.45, 2.75) is 38.6 Å². The SMILES string of the molecule is CC(C)N1CCCC(c2cn3cc(C(=O)O)ccc3n2)C1. The number of hydrogen-bond donors (Lipinski definition) is 1. The Kier molecular flexibility index (Phi) is 3.68. The van der Waals surface area contributed by atoms with Gasteiger partial charge >= 0.3 is 5.97 Å². The van der Waals surface area contributed by atoms with Gasteiger partial charge in [-0.1, -0.05) is 0 Å². The summed E-state index contributed by atoms with van der Waals surface area (Å²) < 4.78 is 1.83. The maximum absolute atomic E-state index is 11.0. The van der Waals surface area contributed by atoms with Crippen LogP contribution in [0.1, 0.15) is 48.7 Å². The molecule has 21 heavy (non-hydrogen) atoms.